The molecule has 31 heavy (non-hydrogen) atoms. The van der Waals surface area contributed by atoms with Crippen molar-refractivity contribution in [3.63, 3.8) is 0 Å². The number of nitrogens with one attached hydrogen (secondary N) is 1. The molecular weight excluding hydrogens is 410 g/mol. The van der Waals surface area contributed by atoms with Gasteiger partial charge in [0.05, 0.1) is 6.61 Å². The Morgan fingerprint density at radius 1 is 1.10 bits per heavy atom. The van der Waals surface area contributed by atoms with E-state index < -0.39 is 6.10 Å². The Labute approximate surface area is 184 Å². The first-order valence-electron chi connectivity index (χ1n) is 10.1. The molecule has 1 unspecified atom stereocenters. The highest BCUT2D eigenvalue weighted by Gasteiger charge is 2.18. The third-order valence-electron chi connectivity index (χ3n) is 4.81. The molecule has 0 aliphatic carbocycles. The van der Waals surface area contributed by atoms with E-state index in [2.05, 4.69) is 15.3 Å². The number of hydrogen-bond acceptors (Lipinski definition) is 6. The highest BCUT2D eigenvalue weighted by atomic mass is 32.1. The number of amides is 1. The van der Waals surface area contributed by atoms with Crippen LogP contribution in [0.2, 0.25) is 0 Å². The lowest BCUT2D eigenvalue weighted by Crippen LogP contribution is -2.30. The number of nitrogens with zero attached hydrogens (tertiary/aromatic N) is 2. The molecule has 0 aliphatic heterocycles. The van der Waals surface area contributed by atoms with Crippen LogP contribution < -0.4 is 14.8 Å². The van der Waals surface area contributed by atoms with E-state index in [4.69, 9.17) is 9.47 Å². The van der Waals surface area contributed by atoms with E-state index in [0.29, 0.717) is 12.4 Å². The van der Waals surface area contributed by atoms with Crippen molar-refractivity contribution in [3.8, 4) is 22.1 Å². The van der Waals surface area contributed by atoms with Gasteiger partial charge in [-0.15, -0.1) is 0 Å². The van der Waals surface area contributed by atoms with Crippen LogP contribution in [-0.4, -0.2) is 28.6 Å². The van der Waals surface area contributed by atoms with E-state index in [9.17, 15) is 4.79 Å². The first kappa shape index (κ1) is 20.8. The first-order chi connectivity index (χ1) is 15.0. The predicted octanol–water partition coefficient (Wildman–Crippen LogP) is 5.47. The van der Waals surface area contributed by atoms with Crippen LogP contribution in [0.15, 0.2) is 60.8 Å². The summed E-state index contributed by atoms with van der Waals surface area (Å²) in [5, 5.41) is 3.85. The molecule has 0 bridgehead atoms. The minimum Gasteiger partial charge on any atom is -0.494 e. The molecule has 1 atom stereocenters. The van der Waals surface area contributed by atoms with E-state index in [1.807, 2.05) is 56.3 Å². The van der Waals surface area contributed by atoms with Crippen LogP contribution in [0.3, 0.4) is 0 Å². The van der Waals surface area contributed by atoms with Crippen molar-refractivity contribution in [1.29, 1.82) is 0 Å². The number of pyridine rings is 1. The maximum atomic E-state index is 12.7. The minimum atomic E-state index is -0.660. The van der Waals surface area contributed by atoms with Gasteiger partial charge in [-0.1, -0.05) is 23.5 Å². The van der Waals surface area contributed by atoms with Gasteiger partial charge in [0.25, 0.3) is 5.91 Å². The number of ether oxygens (including phenoxy) is 2. The average Bonchev–Trinajstić information content (AvgIpc) is 3.20. The normalized spacial score (nSPS) is 11.8. The van der Waals surface area contributed by atoms with Gasteiger partial charge < -0.3 is 14.8 Å². The van der Waals surface area contributed by atoms with Crippen LogP contribution in [0.4, 0.5) is 5.69 Å². The summed E-state index contributed by atoms with van der Waals surface area (Å²) in [6, 6.07) is 16.9. The van der Waals surface area contributed by atoms with E-state index in [1.165, 1.54) is 11.3 Å². The summed E-state index contributed by atoms with van der Waals surface area (Å²) in [5.74, 6) is 1.16. The van der Waals surface area contributed by atoms with Crippen LogP contribution >= 0.6 is 11.3 Å². The Morgan fingerprint density at radius 3 is 2.61 bits per heavy atom. The van der Waals surface area contributed by atoms with E-state index in [0.717, 1.165) is 37.9 Å². The van der Waals surface area contributed by atoms with Gasteiger partial charge in [-0.3, -0.25) is 4.79 Å². The summed E-state index contributed by atoms with van der Waals surface area (Å²) in [4.78, 5) is 22.7. The molecule has 0 fully saturated rings. The van der Waals surface area contributed by atoms with Gasteiger partial charge in [-0.2, -0.15) is 0 Å². The quantitative estimate of drug-likeness (QED) is 0.418. The molecule has 6 nitrogen and oxygen atoms in total. The number of hydrogen-bond donors (Lipinski definition) is 1. The highest BCUT2D eigenvalue weighted by Crippen LogP contribution is 2.33. The van der Waals surface area contributed by atoms with Gasteiger partial charge in [0.15, 0.2) is 6.10 Å². The Balaban J connectivity index is 1.48. The lowest BCUT2D eigenvalue weighted by molar-refractivity contribution is -0.122. The van der Waals surface area contributed by atoms with Gasteiger partial charge in [-0.25, -0.2) is 9.97 Å². The molecule has 1 amide bonds. The molecule has 0 saturated heterocycles. The maximum absolute atomic E-state index is 12.7. The molecule has 1 N–H and O–H groups in total. The van der Waals surface area contributed by atoms with Gasteiger partial charge in [-0.05, 0) is 68.8 Å². The summed E-state index contributed by atoms with van der Waals surface area (Å²) < 4.78 is 11.2. The van der Waals surface area contributed by atoms with Crippen molar-refractivity contribution in [2.75, 3.05) is 11.9 Å². The fourth-order valence-electron chi connectivity index (χ4n) is 3.16. The molecule has 2 heterocycles. The van der Waals surface area contributed by atoms with Crippen molar-refractivity contribution < 1.29 is 14.3 Å². The Hall–Kier alpha value is -3.45. The molecule has 0 radical (unpaired) electrons. The second kappa shape index (κ2) is 9.14. The molecule has 4 aromatic rings. The van der Waals surface area contributed by atoms with Gasteiger partial charge in [0.2, 0.25) is 0 Å². The topological polar surface area (TPSA) is 73.3 Å². The summed E-state index contributed by atoms with van der Waals surface area (Å²) in [5.41, 5.74) is 3.52. The largest absolute Gasteiger partial charge is 0.494 e. The lowest BCUT2D eigenvalue weighted by atomic mass is 10.1. The number of anilines is 1. The van der Waals surface area contributed by atoms with E-state index in [1.54, 1.807) is 25.3 Å². The number of benzene rings is 2. The summed E-state index contributed by atoms with van der Waals surface area (Å²) in [6.07, 6.45) is 1.10. The first-order valence-corrected chi connectivity index (χ1v) is 10.9. The lowest BCUT2D eigenvalue weighted by Gasteiger charge is -2.17. The molecule has 0 saturated carbocycles. The van der Waals surface area contributed by atoms with E-state index >= 15 is 0 Å². The number of carbonyl (C=O) groups excluding carboxylic acids is 1. The fourth-order valence-corrected chi connectivity index (χ4v) is 4.15. The molecule has 4 rings (SSSR count). The highest BCUT2D eigenvalue weighted by molar-refractivity contribution is 7.21. The van der Waals surface area contributed by atoms with Crippen molar-refractivity contribution in [1.82, 2.24) is 9.97 Å². The second-order valence-corrected chi connectivity index (χ2v) is 7.96. The second-order valence-electron chi connectivity index (χ2n) is 6.98. The zero-order valence-corrected chi connectivity index (χ0v) is 18.4. The molecule has 158 valence electrons. The zero-order chi connectivity index (χ0) is 21.8. The molecule has 0 spiro atoms. The molecular formula is C24H23N3O3S. The maximum Gasteiger partial charge on any atom is 0.265 e. The number of carbonyl (C=O) groups is 1. The number of aromatic nitrogens is 2. The minimum absolute atomic E-state index is 0.222. The Bertz CT molecular complexity index is 1170. The molecule has 2 aromatic heterocycles. The average molecular weight is 434 g/mol. The molecule has 0 aliphatic rings. The van der Waals surface area contributed by atoms with Crippen molar-refractivity contribution in [3.05, 3.63) is 66.4 Å². The van der Waals surface area contributed by atoms with Crippen molar-refractivity contribution in [2.45, 2.75) is 26.9 Å². The monoisotopic (exact) mass is 433 g/mol. The van der Waals surface area contributed by atoms with Crippen LogP contribution in [0.1, 0.15) is 19.4 Å². The zero-order valence-electron chi connectivity index (χ0n) is 17.6. The third-order valence-corrected chi connectivity index (χ3v) is 5.82. The number of fused-ring (bicyclic) bond motifs is 1. The Kier molecular flexibility index (Phi) is 6.13. The molecule has 2 aromatic carbocycles. The van der Waals surface area contributed by atoms with Gasteiger partial charge in [0.1, 0.15) is 26.9 Å². The predicted molar refractivity (Wildman–Crippen MR) is 124 cm³/mol. The number of thiazole rings is 1. The number of rotatable bonds is 7. The van der Waals surface area contributed by atoms with Crippen molar-refractivity contribution in [2.24, 2.45) is 0 Å². The Morgan fingerprint density at radius 2 is 1.87 bits per heavy atom. The van der Waals surface area contributed by atoms with Crippen LogP contribution in [-0.2, 0) is 4.79 Å². The van der Waals surface area contributed by atoms with Gasteiger partial charge in [0, 0.05) is 17.4 Å². The van der Waals surface area contributed by atoms with E-state index in [-0.39, 0.29) is 5.91 Å². The van der Waals surface area contributed by atoms with Crippen molar-refractivity contribution >= 4 is 33.3 Å². The SMILES string of the molecule is CCOc1ccc(OC(C)C(=O)Nc2cccc(-c3nc4cccnc4s3)c2C)cc1. The summed E-state index contributed by atoms with van der Waals surface area (Å²) in [7, 11) is 0. The summed E-state index contributed by atoms with van der Waals surface area (Å²) >= 11 is 1.53. The third kappa shape index (κ3) is 4.67. The van der Waals surface area contributed by atoms with Crippen LogP contribution in [0.25, 0.3) is 20.9 Å². The van der Waals surface area contributed by atoms with Crippen LogP contribution in [0.5, 0.6) is 11.5 Å². The summed E-state index contributed by atoms with van der Waals surface area (Å²) in [6.45, 7) is 6.24. The molecule has 7 heteroatoms. The fraction of sp³-hybridized carbons (Fsp3) is 0.208. The van der Waals surface area contributed by atoms with Crippen LogP contribution in [0, 0.1) is 6.92 Å². The standard InChI is InChI=1S/C24H23N3O3S/c1-4-29-17-10-12-18(13-11-17)30-16(3)22(28)26-20-8-5-7-19(15(20)2)23-27-21-9-6-14-25-24(21)31-23/h5-14,16H,4H2,1-3H3,(H,26,28). The van der Waals surface area contributed by atoms with Gasteiger partial charge >= 0.3 is 0 Å². The smallest absolute Gasteiger partial charge is 0.265 e.